The zero-order valence-corrected chi connectivity index (χ0v) is 9.59. The summed E-state index contributed by atoms with van der Waals surface area (Å²) < 4.78 is 0. The molecule has 2 atom stereocenters. The van der Waals surface area contributed by atoms with Gasteiger partial charge in [-0.2, -0.15) is 0 Å². The molecule has 3 N–H and O–H groups in total. The maximum Gasteiger partial charge on any atom is 0.223 e. The fraction of sp³-hybridized carbons (Fsp3) is 0.917. The van der Waals surface area contributed by atoms with Gasteiger partial charge in [-0.05, 0) is 43.6 Å². The van der Waals surface area contributed by atoms with Crippen LogP contribution < -0.4 is 11.1 Å². The van der Waals surface area contributed by atoms with Crippen molar-refractivity contribution in [1.29, 1.82) is 0 Å². The highest BCUT2D eigenvalue weighted by molar-refractivity contribution is 5.79. The Hall–Kier alpha value is -0.570. The lowest BCUT2D eigenvalue weighted by Crippen LogP contribution is -2.37. The normalized spacial score (nSPS) is 32.7. The van der Waals surface area contributed by atoms with Crippen molar-refractivity contribution >= 4 is 5.91 Å². The molecule has 0 saturated heterocycles. The van der Waals surface area contributed by atoms with Gasteiger partial charge in [0.15, 0.2) is 0 Å². The van der Waals surface area contributed by atoms with Crippen LogP contribution in [0.3, 0.4) is 0 Å². The Balaban J connectivity index is 1.79. The molecular formula is C12H22N2O. The summed E-state index contributed by atoms with van der Waals surface area (Å²) in [6.07, 6.45) is 5.85. The zero-order chi connectivity index (χ0) is 10.9. The monoisotopic (exact) mass is 210 g/mol. The van der Waals surface area contributed by atoms with Crippen LogP contribution in [0.2, 0.25) is 0 Å². The van der Waals surface area contributed by atoms with Gasteiger partial charge in [0.1, 0.15) is 0 Å². The molecule has 2 rings (SSSR count). The highest BCUT2D eigenvalue weighted by Gasteiger charge is 2.39. The van der Waals surface area contributed by atoms with Crippen LogP contribution in [0.1, 0.15) is 39.0 Å². The number of carbonyl (C=O) groups is 1. The second-order valence-electron chi connectivity index (χ2n) is 5.56. The number of hydrogen-bond donors (Lipinski definition) is 2. The van der Waals surface area contributed by atoms with Crippen LogP contribution in [0.15, 0.2) is 0 Å². The van der Waals surface area contributed by atoms with Gasteiger partial charge in [0.25, 0.3) is 0 Å². The third-order valence-corrected chi connectivity index (χ3v) is 4.09. The molecule has 0 aromatic heterocycles. The van der Waals surface area contributed by atoms with Crippen LogP contribution in [0.4, 0.5) is 0 Å². The third kappa shape index (κ3) is 2.51. The average molecular weight is 210 g/mol. The predicted molar refractivity (Wildman–Crippen MR) is 60.2 cm³/mol. The van der Waals surface area contributed by atoms with Gasteiger partial charge in [0, 0.05) is 12.5 Å². The second-order valence-corrected chi connectivity index (χ2v) is 5.56. The summed E-state index contributed by atoms with van der Waals surface area (Å²) >= 11 is 0. The molecule has 1 amide bonds. The van der Waals surface area contributed by atoms with E-state index in [0.29, 0.717) is 17.9 Å². The van der Waals surface area contributed by atoms with Crippen molar-refractivity contribution in [3.05, 3.63) is 0 Å². The third-order valence-electron chi connectivity index (χ3n) is 4.09. The highest BCUT2D eigenvalue weighted by atomic mass is 16.1. The molecule has 86 valence electrons. The Morgan fingerprint density at radius 2 is 2.20 bits per heavy atom. The van der Waals surface area contributed by atoms with Gasteiger partial charge in [0.05, 0.1) is 0 Å². The first-order valence-corrected chi connectivity index (χ1v) is 6.12. The Morgan fingerprint density at radius 1 is 1.47 bits per heavy atom. The lowest BCUT2D eigenvalue weighted by atomic mass is 9.95. The number of hydrogen-bond acceptors (Lipinski definition) is 2. The van der Waals surface area contributed by atoms with Gasteiger partial charge in [-0.15, -0.1) is 0 Å². The Labute approximate surface area is 91.8 Å². The van der Waals surface area contributed by atoms with Crippen LogP contribution in [-0.4, -0.2) is 19.0 Å². The summed E-state index contributed by atoms with van der Waals surface area (Å²) in [5.74, 6) is 0.866. The number of carbonyl (C=O) groups excluding carboxylic acids is 1. The molecule has 0 spiro atoms. The van der Waals surface area contributed by atoms with Gasteiger partial charge < -0.3 is 11.1 Å². The van der Waals surface area contributed by atoms with Crippen molar-refractivity contribution in [3.63, 3.8) is 0 Å². The molecule has 0 heterocycles. The van der Waals surface area contributed by atoms with E-state index in [1.807, 2.05) is 0 Å². The van der Waals surface area contributed by atoms with Crippen LogP contribution >= 0.6 is 0 Å². The molecule has 2 saturated carbocycles. The minimum Gasteiger partial charge on any atom is -0.355 e. The van der Waals surface area contributed by atoms with Crippen molar-refractivity contribution in [2.24, 2.45) is 23.0 Å². The van der Waals surface area contributed by atoms with E-state index in [9.17, 15) is 4.79 Å². The van der Waals surface area contributed by atoms with E-state index in [4.69, 9.17) is 5.73 Å². The first kappa shape index (κ1) is 10.9. The van der Waals surface area contributed by atoms with Gasteiger partial charge in [-0.3, -0.25) is 4.79 Å². The lowest BCUT2D eigenvalue weighted by molar-refractivity contribution is -0.126. The predicted octanol–water partition coefficient (Wildman–Crippen LogP) is 1.28. The molecule has 0 unspecified atom stereocenters. The molecule has 0 radical (unpaired) electrons. The van der Waals surface area contributed by atoms with Crippen molar-refractivity contribution < 1.29 is 4.79 Å². The second kappa shape index (κ2) is 4.12. The molecule has 0 aliphatic heterocycles. The largest absolute Gasteiger partial charge is 0.355 e. The summed E-state index contributed by atoms with van der Waals surface area (Å²) in [6, 6.07) is 0. The van der Waals surface area contributed by atoms with Crippen molar-refractivity contribution in [3.8, 4) is 0 Å². The van der Waals surface area contributed by atoms with Gasteiger partial charge in [-0.25, -0.2) is 0 Å². The molecule has 2 fully saturated rings. The smallest absolute Gasteiger partial charge is 0.223 e. The van der Waals surface area contributed by atoms with Crippen LogP contribution in [0.5, 0.6) is 0 Å². The number of amides is 1. The average Bonchev–Trinajstić information content (AvgIpc) is 2.81. The lowest BCUT2D eigenvalue weighted by Gasteiger charge is -2.18. The van der Waals surface area contributed by atoms with Gasteiger partial charge in [0.2, 0.25) is 5.91 Å². The Kier molecular flexibility index (Phi) is 3.01. The molecule has 0 aromatic carbocycles. The molecule has 3 nitrogen and oxygen atoms in total. The van der Waals surface area contributed by atoms with Gasteiger partial charge >= 0.3 is 0 Å². The van der Waals surface area contributed by atoms with Crippen molar-refractivity contribution in [2.45, 2.75) is 39.0 Å². The minimum absolute atomic E-state index is 0.192. The summed E-state index contributed by atoms with van der Waals surface area (Å²) in [6.45, 7) is 3.76. The van der Waals surface area contributed by atoms with E-state index in [2.05, 4.69) is 12.2 Å². The Bertz CT molecular complexity index is 248. The first-order valence-electron chi connectivity index (χ1n) is 6.12. The molecule has 2 aliphatic rings. The topological polar surface area (TPSA) is 55.1 Å². The quantitative estimate of drug-likeness (QED) is 0.734. The van der Waals surface area contributed by atoms with E-state index in [-0.39, 0.29) is 11.8 Å². The van der Waals surface area contributed by atoms with E-state index in [1.54, 1.807) is 0 Å². The molecule has 3 heteroatoms. The highest BCUT2D eigenvalue weighted by Crippen LogP contribution is 2.44. The molecule has 0 bridgehead atoms. The summed E-state index contributed by atoms with van der Waals surface area (Å²) in [7, 11) is 0. The minimum atomic E-state index is 0.192. The van der Waals surface area contributed by atoms with Crippen molar-refractivity contribution in [1.82, 2.24) is 5.32 Å². The van der Waals surface area contributed by atoms with Crippen molar-refractivity contribution in [2.75, 3.05) is 13.1 Å². The van der Waals surface area contributed by atoms with Crippen LogP contribution in [-0.2, 0) is 4.79 Å². The fourth-order valence-electron chi connectivity index (χ4n) is 2.49. The first-order chi connectivity index (χ1) is 7.14. The number of nitrogens with one attached hydrogen (secondary N) is 1. The fourth-order valence-corrected chi connectivity index (χ4v) is 2.49. The summed E-state index contributed by atoms with van der Waals surface area (Å²) in [5, 5.41) is 3.10. The summed E-state index contributed by atoms with van der Waals surface area (Å²) in [4.78, 5) is 11.9. The molecule has 0 aromatic rings. The zero-order valence-electron chi connectivity index (χ0n) is 9.59. The molecule has 15 heavy (non-hydrogen) atoms. The standard InChI is InChI=1S/C12H22N2O/c1-12(5-6-12)8-14-11(15)10-4-2-3-9(10)7-13/h9-10H,2-8,13H2,1H3,(H,14,15)/t9-,10-/m1/s1. The van der Waals surface area contributed by atoms with E-state index < -0.39 is 0 Å². The van der Waals surface area contributed by atoms with E-state index in [0.717, 1.165) is 25.8 Å². The maximum atomic E-state index is 11.9. The Morgan fingerprint density at radius 3 is 2.80 bits per heavy atom. The van der Waals surface area contributed by atoms with Gasteiger partial charge in [-0.1, -0.05) is 13.3 Å². The molecular weight excluding hydrogens is 188 g/mol. The van der Waals surface area contributed by atoms with Crippen LogP contribution in [0, 0.1) is 17.3 Å². The van der Waals surface area contributed by atoms with E-state index in [1.165, 1.54) is 12.8 Å². The van der Waals surface area contributed by atoms with E-state index >= 15 is 0 Å². The summed E-state index contributed by atoms with van der Waals surface area (Å²) in [5.41, 5.74) is 6.09. The maximum absolute atomic E-state index is 11.9. The number of nitrogens with two attached hydrogens (primary N) is 1. The SMILES string of the molecule is CC1(CNC(=O)[C@@H]2CCC[C@@H]2CN)CC1. The molecule has 2 aliphatic carbocycles. The number of rotatable bonds is 4. The van der Waals surface area contributed by atoms with Crippen LogP contribution in [0.25, 0.3) is 0 Å².